The van der Waals surface area contributed by atoms with E-state index < -0.39 is 24.1 Å². The normalized spacial score (nSPS) is 15.6. The average molecular weight is 415 g/mol. The van der Waals surface area contributed by atoms with E-state index in [0.29, 0.717) is 12.8 Å². The number of allylic oxidation sites excluding steroid dienone is 8. The maximum absolute atomic E-state index is 11.0. The monoisotopic (exact) mass is 415 g/mol. The fourth-order valence-electron chi connectivity index (χ4n) is 2.22. The molecule has 0 fully saturated rings. The Morgan fingerprint density at radius 1 is 0.800 bits per heavy atom. The van der Waals surface area contributed by atoms with E-state index in [9.17, 15) is 19.5 Å². The predicted molar refractivity (Wildman–Crippen MR) is 120 cm³/mol. The summed E-state index contributed by atoms with van der Waals surface area (Å²) in [5, 5.41) is 17.5. The molecular formula is C22H29N3O5. The van der Waals surface area contributed by atoms with Crippen molar-refractivity contribution < 1.29 is 9.90 Å². The Hall–Kier alpha value is -3.29. The average Bonchev–Trinajstić information content (AvgIpc) is 2.74. The van der Waals surface area contributed by atoms with Crippen LogP contribution in [0.4, 0.5) is 0 Å². The molecule has 0 spiro atoms. The number of carbonyl (C=O) groups is 1. The van der Waals surface area contributed by atoms with Crippen LogP contribution >= 0.6 is 0 Å². The maximum Gasteiger partial charge on any atom is 0.303 e. The highest BCUT2D eigenvalue weighted by Crippen LogP contribution is 2.11. The van der Waals surface area contributed by atoms with Gasteiger partial charge in [0, 0.05) is 6.42 Å². The molecule has 0 aliphatic rings. The zero-order chi connectivity index (χ0) is 22.5. The number of carboxylic acid groups (broad SMARTS) is 1. The van der Waals surface area contributed by atoms with Gasteiger partial charge in [-0.15, -0.1) is 0 Å². The Bertz CT molecular complexity index is 693. The van der Waals surface area contributed by atoms with E-state index in [2.05, 4.69) is 15.5 Å². The smallest absolute Gasteiger partial charge is 0.303 e. The number of aliphatic carboxylic acids is 1. The highest BCUT2D eigenvalue weighted by molar-refractivity contribution is 5.66. The molecule has 0 saturated carbocycles. The van der Waals surface area contributed by atoms with Crippen molar-refractivity contribution in [3.8, 4) is 0 Å². The molecule has 0 radical (unpaired) electrons. The van der Waals surface area contributed by atoms with Crippen molar-refractivity contribution in [3.63, 3.8) is 0 Å². The third-order valence-corrected chi connectivity index (χ3v) is 3.83. The molecule has 0 bridgehead atoms. The van der Waals surface area contributed by atoms with Gasteiger partial charge in [-0.3, -0.25) is 4.79 Å². The van der Waals surface area contributed by atoms with Crippen LogP contribution in [0, 0.1) is 14.7 Å². The second kappa shape index (κ2) is 19.0. The summed E-state index contributed by atoms with van der Waals surface area (Å²) in [5.74, 6) is -0.902. The lowest BCUT2D eigenvalue weighted by Crippen LogP contribution is -2.18. The fraction of sp³-hybridized carbons (Fsp3) is 0.409. The van der Waals surface area contributed by atoms with E-state index in [4.69, 9.17) is 5.11 Å². The van der Waals surface area contributed by atoms with E-state index >= 15 is 0 Å². The zero-order valence-corrected chi connectivity index (χ0v) is 17.1. The second-order valence-corrected chi connectivity index (χ2v) is 6.24. The third kappa shape index (κ3) is 14.7. The molecule has 0 aliphatic carbocycles. The molecule has 0 aliphatic heterocycles. The Labute approximate surface area is 176 Å². The molecule has 0 amide bonds. The van der Waals surface area contributed by atoms with Crippen LogP contribution in [0.2, 0.25) is 0 Å². The van der Waals surface area contributed by atoms with Crippen LogP contribution in [0.1, 0.15) is 39.0 Å². The number of nitroso groups, excluding NO2 is 3. The number of hydrogen-bond acceptors (Lipinski definition) is 7. The van der Waals surface area contributed by atoms with Crippen LogP contribution < -0.4 is 0 Å². The first-order valence-electron chi connectivity index (χ1n) is 9.76. The molecule has 162 valence electrons. The van der Waals surface area contributed by atoms with Gasteiger partial charge in [0.15, 0.2) is 0 Å². The fourth-order valence-corrected chi connectivity index (χ4v) is 2.22. The van der Waals surface area contributed by atoms with E-state index in [-0.39, 0.29) is 12.8 Å². The molecule has 0 heterocycles. The van der Waals surface area contributed by atoms with Gasteiger partial charge in [0.25, 0.3) is 0 Å². The molecule has 30 heavy (non-hydrogen) atoms. The molecule has 0 aromatic heterocycles. The Morgan fingerprint density at radius 3 is 2.00 bits per heavy atom. The number of rotatable bonds is 17. The Morgan fingerprint density at radius 2 is 1.43 bits per heavy atom. The first-order valence-corrected chi connectivity index (χ1v) is 9.76. The van der Waals surface area contributed by atoms with Gasteiger partial charge in [-0.25, -0.2) is 0 Å². The number of nitrogens with zero attached hydrogens (tertiary/aromatic N) is 3. The van der Waals surface area contributed by atoms with Crippen molar-refractivity contribution in [2.45, 2.75) is 57.2 Å². The van der Waals surface area contributed by atoms with Crippen LogP contribution in [0.25, 0.3) is 0 Å². The molecule has 3 atom stereocenters. The topological polar surface area (TPSA) is 126 Å². The highest BCUT2D eigenvalue weighted by atomic mass is 16.4. The Balaban J connectivity index is 4.51. The van der Waals surface area contributed by atoms with Crippen molar-refractivity contribution in [1.82, 2.24) is 0 Å². The van der Waals surface area contributed by atoms with Crippen molar-refractivity contribution in [1.29, 1.82) is 0 Å². The number of hydrogen-bond donors (Lipinski definition) is 1. The third-order valence-electron chi connectivity index (χ3n) is 3.83. The molecule has 0 aromatic rings. The van der Waals surface area contributed by atoms with E-state index in [1.807, 2.05) is 19.1 Å². The minimum absolute atomic E-state index is 0.000661. The van der Waals surface area contributed by atoms with Crippen LogP contribution in [-0.2, 0) is 4.79 Å². The summed E-state index contributed by atoms with van der Waals surface area (Å²) >= 11 is 0. The van der Waals surface area contributed by atoms with E-state index in [0.717, 1.165) is 6.42 Å². The molecule has 1 N–H and O–H groups in total. The highest BCUT2D eigenvalue weighted by Gasteiger charge is 2.19. The molecular weight excluding hydrogens is 386 g/mol. The van der Waals surface area contributed by atoms with Crippen molar-refractivity contribution in [2.24, 2.45) is 15.5 Å². The summed E-state index contributed by atoms with van der Waals surface area (Å²) in [4.78, 5) is 43.1. The van der Waals surface area contributed by atoms with Gasteiger partial charge in [0.2, 0.25) is 0 Å². The Kier molecular flexibility index (Phi) is 17.0. The molecule has 0 aromatic carbocycles. The lowest BCUT2D eigenvalue weighted by Gasteiger charge is -2.08. The molecule has 8 nitrogen and oxygen atoms in total. The van der Waals surface area contributed by atoms with Crippen LogP contribution in [0.5, 0.6) is 0 Å². The largest absolute Gasteiger partial charge is 0.481 e. The SMILES string of the molecule is CC/C=C\C[C@H](/C=C/C=C\C=C\C=C\[C@@H](N=O)[C@H](C/C=C\CCC(=O)O)N=O)N=O. The van der Waals surface area contributed by atoms with Crippen LogP contribution in [0.3, 0.4) is 0 Å². The number of carboxylic acids is 1. The van der Waals surface area contributed by atoms with Gasteiger partial charge in [-0.1, -0.05) is 95.4 Å². The summed E-state index contributed by atoms with van der Waals surface area (Å²) in [6, 6.07) is -2.15. The first kappa shape index (κ1) is 26.7. The van der Waals surface area contributed by atoms with E-state index in [1.165, 1.54) is 6.08 Å². The molecule has 0 unspecified atom stereocenters. The lowest BCUT2D eigenvalue weighted by atomic mass is 10.1. The summed E-state index contributed by atoms with van der Waals surface area (Å²) in [7, 11) is 0. The van der Waals surface area contributed by atoms with E-state index in [1.54, 1.807) is 54.7 Å². The van der Waals surface area contributed by atoms with Crippen molar-refractivity contribution in [3.05, 3.63) is 87.6 Å². The molecule has 0 saturated heterocycles. The minimum atomic E-state index is -0.907. The first-order chi connectivity index (χ1) is 14.6. The van der Waals surface area contributed by atoms with Gasteiger partial charge in [0.1, 0.15) is 18.1 Å². The molecule has 8 heteroatoms. The second-order valence-electron chi connectivity index (χ2n) is 6.24. The van der Waals surface area contributed by atoms with Crippen molar-refractivity contribution >= 4 is 5.97 Å². The van der Waals surface area contributed by atoms with Gasteiger partial charge in [-0.05, 0) is 25.7 Å². The lowest BCUT2D eigenvalue weighted by molar-refractivity contribution is -0.136. The summed E-state index contributed by atoms with van der Waals surface area (Å²) in [5.41, 5.74) is 0. The summed E-state index contributed by atoms with van der Waals surface area (Å²) in [6.45, 7) is 2.02. The van der Waals surface area contributed by atoms with Gasteiger partial charge in [-0.2, -0.15) is 14.7 Å². The summed E-state index contributed by atoms with van der Waals surface area (Å²) in [6.07, 6.45) is 22.6. The van der Waals surface area contributed by atoms with Gasteiger partial charge >= 0.3 is 5.97 Å². The zero-order valence-electron chi connectivity index (χ0n) is 17.1. The quantitative estimate of drug-likeness (QED) is 0.183. The van der Waals surface area contributed by atoms with Crippen LogP contribution in [0.15, 0.2) is 88.4 Å². The maximum atomic E-state index is 11.0. The predicted octanol–water partition coefficient (Wildman–Crippen LogP) is 5.78. The molecule has 0 rings (SSSR count). The minimum Gasteiger partial charge on any atom is -0.481 e. The standard InChI is InChI=1S/C22H29N3O5/c1-2-3-9-14-19(23-28)15-10-6-4-5-7-11-16-20(24-29)21(25-30)17-12-8-13-18-22(26)27/h3-12,15-16,19-21H,2,13-14,17-18H2,1H3,(H,26,27)/b6-4-,7-5+,9-3-,12-8-,15-10+,16-11+/t19-,20-,21+/m1/s1. The summed E-state index contributed by atoms with van der Waals surface area (Å²) < 4.78 is 0. The van der Waals surface area contributed by atoms with Crippen LogP contribution in [-0.4, -0.2) is 29.2 Å². The van der Waals surface area contributed by atoms with Crippen molar-refractivity contribution in [2.75, 3.05) is 0 Å². The van der Waals surface area contributed by atoms with Gasteiger partial charge < -0.3 is 5.11 Å². The van der Waals surface area contributed by atoms with Gasteiger partial charge in [0.05, 0.1) is 0 Å².